The first-order valence-corrected chi connectivity index (χ1v) is 12.2. The molecule has 0 aliphatic heterocycles. The van der Waals surface area contributed by atoms with Gasteiger partial charge in [0, 0.05) is 42.2 Å². The molecule has 0 atom stereocenters. The van der Waals surface area contributed by atoms with E-state index in [-0.39, 0.29) is 18.3 Å². The average molecular weight is 544 g/mol. The molecule has 2 heterocycles. The number of halogens is 1. The standard InChI is InChI=1S/C28H26ClN7O3/c1-36(2)11-5-7-27(37)35-24-13-21-23(14-26(24)39-31)33-16-18(15-30)28(21)34-19-8-9-25(22(29)12-19)38-17-20-6-3-4-10-32-20/h3-10,12-14,16H,11,17,31H2,1-2H3,(H,33,34)(H,35,37)/b7-5+. The molecule has 10 nitrogen and oxygen atoms in total. The van der Waals surface area contributed by atoms with Crippen molar-refractivity contribution in [1.29, 1.82) is 5.26 Å². The molecule has 0 saturated heterocycles. The highest BCUT2D eigenvalue weighted by Gasteiger charge is 2.16. The van der Waals surface area contributed by atoms with Gasteiger partial charge in [-0.3, -0.25) is 14.8 Å². The maximum absolute atomic E-state index is 12.5. The quantitative estimate of drug-likeness (QED) is 0.190. The molecule has 0 aliphatic carbocycles. The highest BCUT2D eigenvalue weighted by molar-refractivity contribution is 6.32. The molecule has 0 bridgehead atoms. The fourth-order valence-corrected chi connectivity index (χ4v) is 3.89. The number of benzene rings is 2. The average Bonchev–Trinajstić information content (AvgIpc) is 2.93. The Hall–Kier alpha value is -4.69. The molecule has 39 heavy (non-hydrogen) atoms. The number of amides is 1. The number of ether oxygens (including phenoxy) is 1. The number of fused-ring (bicyclic) bond motifs is 1. The predicted octanol–water partition coefficient (Wildman–Crippen LogP) is 4.79. The molecule has 0 fully saturated rings. The molecule has 198 valence electrons. The van der Waals surface area contributed by atoms with Gasteiger partial charge in [-0.25, -0.2) is 0 Å². The minimum Gasteiger partial charge on any atom is -0.486 e. The van der Waals surface area contributed by atoms with Crippen LogP contribution in [0.3, 0.4) is 0 Å². The van der Waals surface area contributed by atoms with Crippen LogP contribution in [0.15, 0.2) is 73.1 Å². The molecule has 2 aromatic heterocycles. The van der Waals surface area contributed by atoms with Gasteiger partial charge in [-0.1, -0.05) is 23.7 Å². The SMILES string of the molecule is CN(C)C/C=C/C(=O)Nc1cc2c(Nc3ccc(OCc4ccccn4)c(Cl)c3)c(C#N)cnc2cc1ON. The number of nitrogens with one attached hydrogen (secondary N) is 2. The Balaban J connectivity index is 1.63. The summed E-state index contributed by atoms with van der Waals surface area (Å²) in [6.45, 7) is 0.871. The number of aromatic nitrogens is 2. The van der Waals surface area contributed by atoms with E-state index < -0.39 is 0 Å². The van der Waals surface area contributed by atoms with Crippen molar-refractivity contribution in [2.45, 2.75) is 6.61 Å². The van der Waals surface area contributed by atoms with Crippen molar-refractivity contribution < 1.29 is 14.4 Å². The van der Waals surface area contributed by atoms with Gasteiger partial charge in [-0.2, -0.15) is 11.2 Å². The highest BCUT2D eigenvalue weighted by Crippen LogP contribution is 2.37. The second kappa shape index (κ2) is 12.7. The lowest BCUT2D eigenvalue weighted by atomic mass is 10.1. The molecule has 0 spiro atoms. The summed E-state index contributed by atoms with van der Waals surface area (Å²) in [5.74, 6) is 5.82. The van der Waals surface area contributed by atoms with Gasteiger partial charge >= 0.3 is 0 Å². The van der Waals surface area contributed by atoms with E-state index in [0.717, 1.165) is 5.69 Å². The number of nitrogens with zero attached hydrogens (tertiary/aromatic N) is 4. The van der Waals surface area contributed by atoms with Gasteiger partial charge in [0.1, 0.15) is 18.4 Å². The molecule has 4 rings (SSSR count). The van der Waals surface area contributed by atoms with Crippen LogP contribution in [0.4, 0.5) is 17.1 Å². The van der Waals surface area contributed by atoms with E-state index in [1.165, 1.54) is 12.3 Å². The molecule has 4 N–H and O–H groups in total. The number of hydrogen-bond donors (Lipinski definition) is 3. The van der Waals surface area contributed by atoms with E-state index in [9.17, 15) is 10.1 Å². The Bertz CT molecular complexity index is 1550. The van der Waals surface area contributed by atoms with Crippen molar-refractivity contribution in [3.05, 3.63) is 89.4 Å². The third kappa shape index (κ3) is 7.00. The van der Waals surface area contributed by atoms with Crippen LogP contribution in [0.1, 0.15) is 11.3 Å². The summed E-state index contributed by atoms with van der Waals surface area (Å²) in [5, 5.41) is 16.7. The van der Waals surface area contributed by atoms with Crippen LogP contribution < -0.4 is 26.1 Å². The summed E-state index contributed by atoms with van der Waals surface area (Å²) in [4.78, 5) is 28.0. The second-order valence-electron chi connectivity index (χ2n) is 8.68. The number of pyridine rings is 2. The Morgan fingerprint density at radius 1 is 1.18 bits per heavy atom. The van der Waals surface area contributed by atoms with Gasteiger partial charge in [0.25, 0.3) is 0 Å². The summed E-state index contributed by atoms with van der Waals surface area (Å²) in [6, 6.07) is 16.2. The van der Waals surface area contributed by atoms with E-state index in [1.54, 1.807) is 42.6 Å². The van der Waals surface area contributed by atoms with Gasteiger partial charge in [-0.05, 0) is 50.5 Å². The molecular formula is C28H26ClN7O3. The number of likely N-dealkylation sites (N-methyl/N-ethyl adjacent to an activating group) is 1. The number of rotatable bonds is 10. The molecule has 11 heteroatoms. The molecule has 2 aromatic carbocycles. The highest BCUT2D eigenvalue weighted by atomic mass is 35.5. The molecule has 0 aliphatic rings. The summed E-state index contributed by atoms with van der Waals surface area (Å²) in [5.41, 5.74) is 2.97. The van der Waals surface area contributed by atoms with Crippen molar-refractivity contribution in [2.24, 2.45) is 5.90 Å². The minimum absolute atomic E-state index is 0.220. The summed E-state index contributed by atoms with van der Waals surface area (Å²) in [6.07, 6.45) is 6.29. The summed E-state index contributed by atoms with van der Waals surface area (Å²) in [7, 11) is 3.80. The normalized spacial score (nSPS) is 11.0. The van der Waals surface area contributed by atoms with Gasteiger partial charge < -0.3 is 25.1 Å². The van der Waals surface area contributed by atoms with E-state index >= 15 is 0 Å². The lowest BCUT2D eigenvalue weighted by Gasteiger charge is -2.15. The van der Waals surface area contributed by atoms with Crippen molar-refractivity contribution in [1.82, 2.24) is 14.9 Å². The summed E-state index contributed by atoms with van der Waals surface area (Å²) >= 11 is 6.49. The van der Waals surface area contributed by atoms with Gasteiger partial charge in [0.15, 0.2) is 5.75 Å². The van der Waals surface area contributed by atoms with Crippen LogP contribution in [0.5, 0.6) is 11.5 Å². The lowest BCUT2D eigenvalue weighted by molar-refractivity contribution is -0.111. The van der Waals surface area contributed by atoms with Crippen LogP contribution >= 0.6 is 11.6 Å². The molecule has 4 aromatic rings. The van der Waals surface area contributed by atoms with Crippen molar-refractivity contribution in [2.75, 3.05) is 31.3 Å². The number of anilines is 3. The van der Waals surface area contributed by atoms with E-state index in [2.05, 4.69) is 26.7 Å². The zero-order valence-electron chi connectivity index (χ0n) is 21.3. The number of nitrogens with two attached hydrogens (primary N) is 1. The Kier molecular flexibility index (Phi) is 8.91. The molecule has 1 amide bonds. The fraction of sp³-hybridized carbons (Fsp3) is 0.143. The number of hydrogen-bond acceptors (Lipinski definition) is 9. The maximum Gasteiger partial charge on any atom is 0.248 e. The van der Waals surface area contributed by atoms with Gasteiger partial charge in [-0.15, -0.1) is 0 Å². The monoisotopic (exact) mass is 543 g/mol. The topological polar surface area (TPSA) is 138 Å². The van der Waals surface area contributed by atoms with Crippen LogP contribution in [0.2, 0.25) is 5.02 Å². The number of carbonyl (C=O) groups is 1. The third-order valence-corrected chi connectivity index (χ3v) is 5.81. The zero-order valence-corrected chi connectivity index (χ0v) is 22.1. The molecule has 0 radical (unpaired) electrons. The smallest absolute Gasteiger partial charge is 0.248 e. The van der Waals surface area contributed by atoms with Crippen LogP contribution in [0, 0.1) is 11.3 Å². The first-order valence-electron chi connectivity index (χ1n) is 11.8. The largest absolute Gasteiger partial charge is 0.486 e. The second-order valence-corrected chi connectivity index (χ2v) is 9.08. The maximum atomic E-state index is 12.5. The summed E-state index contributed by atoms with van der Waals surface area (Å²) < 4.78 is 5.80. The van der Waals surface area contributed by atoms with Crippen molar-refractivity contribution >= 4 is 45.5 Å². The predicted molar refractivity (Wildman–Crippen MR) is 151 cm³/mol. The van der Waals surface area contributed by atoms with Crippen molar-refractivity contribution in [3.63, 3.8) is 0 Å². The van der Waals surface area contributed by atoms with E-state index in [1.807, 2.05) is 37.2 Å². The van der Waals surface area contributed by atoms with Crippen LogP contribution in [-0.4, -0.2) is 41.4 Å². The third-order valence-electron chi connectivity index (χ3n) is 5.52. The molecule has 0 saturated carbocycles. The number of nitriles is 1. The fourth-order valence-electron chi connectivity index (χ4n) is 3.65. The Labute approximate surface area is 230 Å². The van der Waals surface area contributed by atoms with Gasteiger partial charge in [0.2, 0.25) is 5.91 Å². The van der Waals surface area contributed by atoms with E-state index in [0.29, 0.717) is 50.8 Å². The van der Waals surface area contributed by atoms with Crippen LogP contribution in [0.25, 0.3) is 10.9 Å². The Morgan fingerprint density at radius 2 is 2.03 bits per heavy atom. The van der Waals surface area contributed by atoms with Crippen molar-refractivity contribution in [3.8, 4) is 17.6 Å². The lowest BCUT2D eigenvalue weighted by Crippen LogP contribution is -2.14. The van der Waals surface area contributed by atoms with Crippen LogP contribution in [-0.2, 0) is 11.4 Å². The molecule has 0 unspecified atom stereocenters. The first kappa shape index (κ1) is 27.3. The molecular weight excluding hydrogens is 518 g/mol. The first-order chi connectivity index (χ1) is 18.9. The van der Waals surface area contributed by atoms with Gasteiger partial charge in [0.05, 0.1) is 33.2 Å². The van der Waals surface area contributed by atoms with E-state index in [4.69, 9.17) is 27.1 Å². The minimum atomic E-state index is -0.360. The Morgan fingerprint density at radius 3 is 2.72 bits per heavy atom. The zero-order chi connectivity index (χ0) is 27.8. The number of carbonyl (C=O) groups excluding carboxylic acids is 1.